The summed E-state index contributed by atoms with van der Waals surface area (Å²) in [5.41, 5.74) is 8.82. The third kappa shape index (κ3) is 2.62. The third-order valence-electron chi connectivity index (χ3n) is 1.46. The van der Waals surface area contributed by atoms with Crippen molar-refractivity contribution in [1.29, 1.82) is 0 Å². The molecule has 68 valence electrons. The number of rotatable bonds is 3. The van der Waals surface area contributed by atoms with Gasteiger partial charge in [-0.05, 0) is 35.2 Å². The lowest BCUT2D eigenvalue weighted by Gasteiger charge is -2.02. The molecule has 0 aliphatic rings. The van der Waals surface area contributed by atoms with E-state index < -0.39 is 0 Å². The summed E-state index contributed by atoms with van der Waals surface area (Å²) in [7, 11) is 0. The average Bonchev–Trinajstić information content (AvgIpc) is 2.16. The van der Waals surface area contributed by atoms with Gasteiger partial charge in [0.25, 0.3) is 0 Å². The monoisotopic (exact) mass is 198 g/mol. The number of halogens is 1. The zero-order valence-electron chi connectivity index (χ0n) is 6.64. The highest BCUT2D eigenvalue weighted by molar-refractivity contribution is 7.97. The Morgan fingerprint density at radius 3 is 3.00 bits per heavy atom. The molecule has 0 aliphatic carbocycles. The molecule has 0 heterocycles. The molecule has 0 spiro atoms. The van der Waals surface area contributed by atoms with Crippen LogP contribution >= 0.6 is 11.9 Å². The summed E-state index contributed by atoms with van der Waals surface area (Å²) in [5, 5.41) is 8.68. The van der Waals surface area contributed by atoms with Crippen LogP contribution in [0.3, 0.4) is 0 Å². The Morgan fingerprint density at radius 1 is 1.62 bits per heavy atom. The van der Waals surface area contributed by atoms with E-state index in [1.807, 2.05) is 0 Å². The first-order valence-corrected chi connectivity index (χ1v) is 4.32. The first kappa shape index (κ1) is 9.85. The lowest BCUT2D eigenvalue weighted by molar-refractivity contribution is 0.622. The molecule has 6 heteroatoms. The molecular formula is C7H7FN4S. The first-order chi connectivity index (χ1) is 6.27. The Morgan fingerprint density at radius 2 is 2.38 bits per heavy atom. The average molecular weight is 198 g/mol. The molecule has 4 nitrogen and oxygen atoms in total. The fourth-order valence-electron chi connectivity index (χ4n) is 0.877. The summed E-state index contributed by atoms with van der Waals surface area (Å²) in [6.07, 6.45) is 0. The highest BCUT2D eigenvalue weighted by Crippen LogP contribution is 2.20. The molecule has 2 N–H and O–H groups in total. The van der Waals surface area contributed by atoms with Crippen LogP contribution in [0.5, 0.6) is 0 Å². The van der Waals surface area contributed by atoms with Crippen LogP contribution in [0, 0.1) is 5.82 Å². The van der Waals surface area contributed by atoms with E-state index in [2.05, 4.69) is 10.0 Å². The molecule has 1 aromatic carbocycles. The molecule has 1 aromatic rings. The fraction of sp³-hybridized carbons (Fsp3) is 0.143. The van der Waals surface area contributed by atoms with Crippen molar-refractivity contribution in [2.45, 2.75) is 11.4 Å². The van der Waals surface area contributed by atoms with E-state index in [9.17, 15) is 4.39 Å². The van der Waals surface area contributed by atoms with Crippen LogP contribution in [-0.2, 0) is 6.54 Å². The van der Waals surface area contributed by atoms with Crippen LogP contribution in [0.25, 0.3) is 10.4 Å². The Balaban J connectivity index is 2.98. The van der Waals surface area contributed by atoms with Crippen molar-refractivity contribution < 1.29 is 4.39 Å². The van der Waals surface area contributed by atoms with Crippen molar-refractivity contribution in [2.24, 2.45) is 10.3 Å². The Hall–Kier alpha value is -1.23. The van der Waals surface area contributed by atoms with Gasteiger partial charge in [-0.2, -0.15) is 0 Å². The molecule has 0 saturated carbocycles. The van der Waals surface area contributed by atoms with Gasteiger partial charge < -0.3 is 0 Å². The van der Waals surface area contributed by atoms with E-state index in [0.717, 1.165) is 17.5 Å². The second-order valence-electron chi connectivity index (χ2n) is 2.26. The maximum Gasteiger partial charge on any atom is 0.124 e. The highest BCUT2D eigenvalue weighted by Gasteiger charge is 2.01. The first-order valence-electron chi connectivity index (χ1n) is 3.44. The van der Waals surface area contributed by atoms with Gasteiger partial charge in [0.1, 0.15) is 5.82 Å². The van der Waals surface area contributed by atoms with E-state index in [-0.39, 0.29) is 12.4 Å². The Labute approximate surface area is 78.7 Å². The minimum Gasteiger partial charge on any atom is -0.274 e. The van der Waals surface area contributed by atoms with Crippen molar-refractivity contribution in [3.05, 3.63) is 40.0 Å². The molecule has 0 aliphatic heterocycles. The van der Waals surface area contributed by atoms with Gasteiger partial charge in [-0.3, -0.25) is 5.14 Å². The topological polar surface area (TPSA) is 74.8 Å². The van der Waals surface area contributed by atoms with Crippen molar-refractivity contribution in [3.63, 3.8) is 0 Å². The SMILES string of the molecule is [N-]=[N+]=NCc1ccc(F)cc1SN. The molecule has 0 fully saturated rings. The lowest BCUT2D eigenvalue weighted by atomic mass is 10.2. The van der Waals surface area contributed by atoms with Crippen molar-refractivity contribution in [2.75, 3.05) is 0 Å². The van der Waals surface area contributed by atoms with Crippen molar-refractivity contribution >= 4 is 11.9 Å². The quantitative estimate of drug-likeness (QED) is 0.351. The summed E-state index contributed by atoms with van der Waals surface area (Å²) >= 11 is 0.937. The highest BCUT2D eigenvalue weighted by atomic mass is 32.2. The van der Waals surface area contributed by atoms with Gasteiger partial charge in [-0.25, -0.2) is 4.39 Å². The van der Waals surface area contributed by atoms with E-state index in [1.54, 1.807) is 6.07 Å². The van der Waals surface area contributed by atoms with Crippen molar-refractivity contribution in [1.82, 2.24) is 0 Å². The third-order valence-corrected chi connectivity index (χ3v) is 2.09. The molecule has 0 radical (unpaired) electrons. The van der Waals surface area contributed by atoms with Gasteiger partial charge in [0.2, 0.25) is 0 Å². The number of hydrogen-bond acceptors (Lipinski definition) is 3. The van der Waals surface area contributed by atoms with E-state index in [0.29, 0.717) is 4.90 Å². The lowest BCUT2D eigenvalue weighted by Crippen LogP contribution is -1.90. The number of hydrogen-bond donors (Lipinski definition) is 1. The van der Waals surface area contributed by atoms with Crippen LogP contribution in [0.4, 0.5) is 4.39 Å². The number of nitrogens with zero attached hydrogens (tertiary/aromatic N) is 3. The molecule has 0 unspecified atom stereocenters. The second kappa shape index (κ2) is 4.71. The number of benzene rings is 1. The molecule has 0 bridgehead atoms. The number of azide groups is 1. The molecule has 1 rings (SSSR count). The minimum atomic E-state index is -0.349. The van der Waals surface area contributed by atoms with Crippen LogP contribution in [0.2, 0.25) is 0 Å². The standard InChI is InChI=1S/C7H7FN4S/c8-6-2-1-5(4-11-12-9)7(3-6)13-10/h1-3H,4,10H2. The Bertz CT molecular complexity index is 348. The van der Waals surface area contributed by atoms with Gasteiger partial charge in [0.15, 0.2) is 0 Å². The van der Waals surface area contributed by atoms with Crippen LogP contribution < -0.4 is 5.14 Å². The summed E-state index contributed by atoms with van der Waals surface area (Å²) < 4.78 is 12.7. The van der Waals surface area contributed by atoms with Crippen LogP contribution in [0.1, 0.15) is 5.56 Å². The van der Waals surface area contributed by atoms with E-state index >= 15 is 0 Å². The molecular weight excluding hydrogens is 191 g/mol. The largest absolute Gasteiger partial charge is 0.274 e. The number of nitrogens with two attached hydrogens (primary N) is 1. The zero-order valence-corrected chi connectivity index (χ0v) is 7.46. The molecule has 0 amide bonds. The zero-order chi connectivity index (χ0) is 9.68. The maximum absolute atomic E-state index is 12.7. The summed E-state index contributed by atoms with van der Waals surface area (Å²) in [6, 6.07) is 4.17. The second-order valence-corrected chi connectivity index (χ2v) is 2.93. The molecule has 0 atom stereocenters. The minimum absolute atomic E-state index is 0.191. The molecule has 0 saturated heterocycles. The smallest absolute Gasteiger partial charge is 0.124 e. The summed E-state index contributed by atoms with van der Waals surface area (Å²) in [5.74, 6) is -0.349. The van der Waals surface area contributed by atoms with E-state index in [4.69, 9.17) is 10.7 Å². The van der Waals surface area contributed by atoms with E-state index in [1.165, 1.54) is 12.1 Å². The molecule has 13 heavy (non-hydrogen) atoms. The van der Waals surface area contributed by atoms with Crippen molar-refractivity contribution in [3.8, 4) is 0 Å². The Kier molecular flexibility index (Phi) is 3.57. The van der Waals surface area contributed by atoms with Gasteiger partial charge in [-0.15, -0.1) is 0 Å². The molecule has 0 aromatic heterocycles. The van der Waals surface area contributed by atoms with Crippen LogP contribution in [0.15, 0.2) is 28.2 Å². The van der Waals surface area contributed by atoms with Gasteiger partial charge in [-0.1, -0.05) is 11.2 Å². The van der Waals surface area contributed by atoms with Gasteiger partial charge in [0, 0.05) is 9.81 Å². The van der Waals surface area contributed by atoms with Crippen LogP contribution in [-0.4, -0.2) is 0 Å². The normalized spacial score (nSPS) is 9.38. The van der Waals surface area contributed by atoms with Gasteiger partial charge in [0.05, 0.1) is 6.54 Å². The fourth-order valence-corrected chi connectivity index (χ4v) is 1.34. The predicted octanol–water partition coefficient (Wildman–Crippen LogP) is 2.60. The predicted molar refractivity (Wildman–Crippen MR) is 49.3 cm³/mol. The summed E-state index contributed by atoms with van der Waals surface area (Å²) in [6.45, 7) is 0.191. The van der Waals surface area contributed by atoms with Gasteiger partial charge >= 0.3 is 0 Å². The summed E-state index contributed by atoms with van der Waals surface area (Å²) in [4.78, 5) is 3.20. The maximum atomic E-state index is 12.7.